The van der Waals surface area contributed by atoms with Crippen molar-refractivity contribution in [3.63, 3.8) is 0 Å². The van der Waals surface area contributed by atoms with Crippen molar-refractivity contribution in [2.45, 2.75) is 0 Å². The molecule has 19 heavy (non-hydrogen) atoms. The fourth-order valence-electron chi connectivity index (χ4n) is 1.80. The number of carbonyl (C=O) groups is 1. The van der Waals surface area contributed by atoms with E-state index in [1.54, 1.807) is 30.6 Å². The average Bonchev–Trinajstić information content (AvgIpc) is 2.96. The van der Waals surface area contributed by atoms with Gasteiger partial charge in [-0.15, -0.1) is 0 Å². The van der Waals surface area contributed by atoms with E-state index in [1.165, 1.54) is 17.1 Å². The van der Waals surface area contributed by atoms with Crippen LogP contribution in [0.5, 0.6) is 0 Å². The molecule has 2 heterocycles. The molecule has 0 spiro atoms. The van der Waals surface area contributed by atoms with Crippen molar-refractivity contribution in [2.24, 2.45) is 0 Å². The molecule has 3 rings (SSSR count). The van der Waals surface area contributed by atoms with Crippen LogP contribution in [0.2, 0.25) is 5.02 Å². The molecule has 1 N–H and O–H groups in total. The highest BCUT2D eigenvalue weighted by molar-refractivity contribution is 6.35. The highest BCUT2D eigenvalue weighted by Gasteiger charge is 2.09. The number of benzene rings is 1. The van der Waals surface area contributed by atoms with E-state index < -0.39 is 0 Å². The van der Waals surface area contributed by atoms with Crippen molar-refractivity contribution in [1.82, 2.24) is 14.5 Å². The van der Waals surface area contributed by atoms with Gasteiger partial charge in [0.05, 0.1) is 16.2 Å². The standard InChI is InChI=1S/C13H9ClN4O/c14-10-3-4-11(12-9(10)2-1-5-16-12)17-13(19)18-7-6-15-8-18/h1-8H,(H,17,19). The van der Waals surface area contributed by atoms with Gasteiger partial charge in [0.15, 0.2) is 0 Å². The quantitative estimate of drug-likeness (QED) is 0.740. The van der Waals surface area contributed by atoms with Gasteiger partial charge in [0.1, 0.15) is 6.33 Å². The maximum Gasteiger partial charge on any atom is 0.331 e. The van der Waals surface area contributed by atoms with Crippen LogP contribution in [0.15, 0.2) is 49.2 Å². The summed E-state index contributed by atoms with van der Waals surface area (Å²) in [6.45, 7) is 0. The molecule has 2 aromatic heterocycles. The van der Waals surface area contributed by atoms with Crippen LogP contribution < -0.4 is 5.32 Å². The third-order valence-electron chi connectivity index (χ3n) is 2.70. The van der Waals surface area contributed by atoms with Gasteiger partial charge >= 0.3 is 6.03 Å². The first-order valence-electron chi connectivity index (χ1n) is 5.58. The molecule has 0 saturated carbocycles. The lowest BCUT2D eigenvalue weighted by atomic mass is 10.2. The van der Waals surface area contributed by atoms with E-state index in [-0.39, 0.29) is 6.03 Å². The number of hydrogen-bond donors (Lipinski definition) is 1. The molecule has 0 atom stereocenters. The number of pyridine rings is 1. The molecule has 5 nitrogen and oxygen atoms in total. The van der Waals surface area contributed by atoms with Gasteiger partial charge in [-0.1, -0.05) is 11.6 Å². The second-order valence-electron chi connectivity index (χ2n) is 3.89. The Balaban J connectivity index is 2.02. The fourth-order valence-corrected chi connectivity index (χ4v) is 2.01. The molecular weight excluding hydrogens is 264 g/mol. The normalized spacial score (nSPS) is 10.6. The molecule has 0 aliphatic rings. The zero-order valence-electron chi connectivity index (χ0n) is 9.75. The van der Waals surface area contributed by atoms with Gasteiger partial charge in [0, 0.05) is 24.0 Å². The van der Waals surface area contributed by atoms with Crippen molar-refractivity contribution < 1.29 is 4.79 Å². The van der Waals surface area contributed by atoms with Gasteiger partial charge in [0.25, 0.3) is 0 Å². The largest absolute Gasteiger partial charge is 0.331 e. The average molecular weight is 273 g/mol. The van der Waals surface area contributed by atoms with Crippen LogP contribution in [0.3, 0.4) is 0 Å². The molecule has 1 amide bonds. The summed E-state index contributed by atoms with van der Waals surface area (Å²) in [5.74, 6) is 0. The van der Waals surface area contributed by atoms with Crippen LogP contribution in [-0.4, -0.2) is 20.6 Å². The topological polar surface area (TPSA) is 59.8 Å². The molecule has 0 aliphatic heterocycles. The maximum absolute atomic E-state index is 12.0. The summed E-state index contributed by atoms with van der Waals surface area (Å²) in [7, 11) is 0. The van der Waals surface area contributed by atoms with E-state index >= 15 is 0 Å². The molecule has 0 aliphatic carbocycles. The third kappa shape index (κ3) is 2.15. The molecular formula is C13H9ClN4O. The van der Waals surface area contributed by atoms with Crippen LogP contribution in [0.1, 0.15) is 0 Å². The zero-order valence-corrected chi connectivity index (χ0v) is 10.5. The Bertz CT molecular complexity index is 739. The van der Waals surface area contributed by atoms with Crippen LogP contribution in [0.25, 0.3) is 10.9 Å². The number of rotatable bonds is 1. The number of imidazole rings is 1. The number of carbonyl (C=O) groups excluding carboxylic acids is 1. The number of hydrogen-bond acceptors (Lipinski definition) is 3. The van der Waals surface area contributed by atoms with Crippen LogP contribution in [0, 0.1) is 0 Å². The van der Waals surface area contributed by atoms with Gasteiger partial charge in [-0.05, 0) is 24.3 Å². The Labute approximate surface area is 113 Å². The summed E-state index contributed by atoms with van der Waals surface area (Å²) >= 11 is 6.10. The number of anilines is 1. The van der Waals surface area contributed by atoms with Crippen molar-refractivity contribution in [3.8, 4) is 0 Å². The van der Waals surface area contributed by atoms with Crippen molar-refractivity contribution in [3.05, 3.63) is 54.2 Å². The van der Waals surface area contributed by atoms with E-state index in [0.29, 0.717) is 16.2 Å². The van der Waals surface area contributed by atoms with E-state index in [1.807, 2.05) is 6.07 Å². The molecule has 0 saturated heterocycles. The van der Waals surface area contributed by atoms with Gasteiger partial charge in [-0.25, -0.2) is 9.78 Å². The van der Waals surface area contributed by atoms with E-state index in [2.05, 4.69) is 15.3 Å². The lowest BCUT2D eigenvalue weighted by Crippen LogP contribution is -2.18. The van der Waals surface area contributed by atoms with E-state index in [4.69, 9.17) is 11.6 Å². The number of aromatic nitrogens is 3. The summed E-state index contributed by atoms with van der Waals surface area (Å²) in [5, 5.41) is 4.18. The van der Waals surface area contributed by atoms with E-state index in [9.17, 15) is 4.79 Å². The molecule has 6 heteroatoms. The SMILES string of the molecule is O=C(Nc1ccc(Cl)c2cccnc12)n1ccnc1. The molecule has 0 fully saturated rings. The third-order valence-corrected chi connectivity index (χ3v) is 3.03. The summed E-state index contributed by atoms with van der Waals surface area (Å²) in [5.41, 5.74) is 1.27. The number of nitrogens with one attached hydrogen (secondary N) is 1. The first-order valence-corrected chi connectivity index (χ1v) is 5.96. The summed E-state index contributed by atoms with van der Waals surface area (Å²) in [6.07, 6.45) is 6.20. The summed E-state index contributed by atoms with van der Waals surface area (Å²) < 4.78 is 1.35. The zero-order chi connectivity index (χ0) is 13.2. The number of amides is 1. The predicted molar refractivity (Wildman–Crippen MR) is 73.4 cm³/mol. The number of nitrogens with zero attached hydrogens (tertiary/aromatic N) is 3. The van der Waals surface area contributed by atoms with Crippen LogP contribution in [0.4, 0.5) is 10.5 Å². The monoisotopic (exact) mass is 272 g/mol. The molecule has 0 bridgehead atoms. The smallest absolute Gasteiger partial charge is 0.305 e. The van der Waals surface area contributed by atoms with Gasteiger partial charge in [-0.2, -0.15) is 0 Å². The summed E-state index contributed by atoms with van der Waals surface area (Å²) in [6, 6.07) is 6.82. The van der Waals surface area contributed by atoms with Crippen molar-refractivity contribution in [2.75, 3.05) is 5.32 Å². The van der Waals surface area contributed by atoms with Gasteiger partial charge in [-0.3, -0.25) is 9.55 Å². The Kier molecular flexibility index (Phi) is 2.89. The molecule has 94 valence electrons. The second-order valence-corrected chi connectivity index (χ2v) is 4.30. The minimum atomic E-state index is -0.299. The Morgan fingerprint density at radius 3 is 2.95 bits per heavy atom. The number of halogens is 1. The first-order chi connectivity index (χ1) is 9.25. The van der Waals surface area contributed by atoms with E-state index in [0.717, 1.165) is 5.39 Å². The molecule has 0 unspecified atom stereocenters. The molecule has 1 aromatic carbocycles. The Hall–Kier alpha value is -2.40. The Morgan fingerprint density at radius 2 is 2.16 bits per heavy atom. The Morgan fingerprint density at radius 1 is 1.26 bits per heavy atom. The molecule has 3 aromatic rings. The highest BCUT2D eigenvalue weighted by atomic mass is 35.5. The summed E-state index contributed by atoms with van der Waals surface area (Å²) in [4.78, 5) is 20.0. The van der Waals surface area contributed by atoms with Crippen molar-refractivity contribution in [1.29, 1.82) is 0 Å². The van der Waals surface area contributed by atoms with Gasteiger partial charge < -0.3 is 5.32 Å². The van der Waals surface area contributed by atoms with Crippen LogP contribution in [-0.2, 0) is 0 Å². The maximum atomic E-state index is 12.0. The minimum Gasteiger partial charge on any atom is -0.305 e. The lowest BCUT2D eigenvalue weighted by Gasteiger charge is -2.08. The first kappa shape index (κ1) is 11.7. The van der Waals surface area contributed by atoms with Gasteiger partial charge in [0.2, 0.25) is 0 Å². The minimum absolute atomic E-state index is 0.299. The highest BCUT2D eigenvalue weighted by Crippen LogP contribution is 2.27. The van der Waals surface area contributed by atoms with Crippen LogP contribution >= 0.6 is 11.6 Å². The predicted octanol–water partition coefficient (Wildman–Crippen LogP) is 3.16. The second kappa shape index (κ2) is 4.70. The fraction of sp³-hybridized carbons (Fsp3) is 0. The number of fused-ring (bicyclic) bond motifs is 1. The van der Waals surface area contributed by atoms with Crippen molar-refractivity contribution >= 4 is 34.2 Å². The molecule has 0 radical (unpaired) electrons. The lowest BCUT2D eigenvalue weighted by molar-refractivity contribution is 0.253.